The SMILES string of the molecule is O=C(NCC1CCCS1)c1nn[nH]n1. The lowest BCUT2D eigenvalue weighted by Crippen LogP contribution is -2.30. The van der Waals surface area contributed by atoms with Crippen molar-refractivity contribution >= 4 is 17.7 Å². The standard InChI is InChI=1S/C7H11N5OS/c13-7(6-9-11-12-10-6)8-4-5-2-1-3-14-5/h5H,1-4H2,(H,8,13)(H,9,10,11,12). The molecule has 76 valence electrons. The first kappa shape index (κ1) is 9.45. The van der Waals surface area contributed by atoms with E-state index in [1.807, 2.05) is 11.8 Å². The van der Waals surface area contributed by atoms with Gasteiger partial charge in [-0.2, -0.15) is 17.0 Å². The van der Waals surface area contributed by atoms with Gasteiger partial charge in [-0.15, -0.1) is 10.2 Å². The molecular formula is C7H11N5OS. The van der Waals surface area contributed by atoms with Crippen molar-refractivity contribution in [2.45, 2.75) is 18.1 Å². The molecule has 0 aliphatic carbocycles. The van der Waals surface area contributed by atoms with E-state index in [0.717, 1.165) is 0 Å². The van der Waals surface area contributed by atoms with Gasteiger partial charge in [0.15, 0.2) is 0 Å². The molecule has 1 unspecified atom stereocenters. The Balaban J connectivity index is 1.78. The number of H-pyrrole nitrogens is 1. The summed E-state index contributed by atoms with van der Waals surface area (Å²) in [5.41, 5.74) is 0. The number of nitrogens with zero attached hydrogens (tertiary/aromatic N) is 3. The minimum absolute atomic E-state index is 0.105. The van der Waals surface area contributed by atoms with Gasteiger partial charge in [0.1, 0.15) is 0 Å². The van der Waals surface area contributed by atoms with E-state index < -0.39 is 0 Å². The molecular weight excluding hydrogens is 202 g/mol. The molecule has 6 nitrogen and oxygen atoms in total. The topological polar surface area (TPSA) is 83.6 Å². The molecule has 1 saturated heterocycles. The first-order valence-corrected chi connectivity index (χ1v) is 5.54. The number of rotatable bonds is 3. The molecule has 0 spiro atoms. The molecule has 7 heteroatoms. The van der Waals surface area contributed by atoms with Crippen molar-refractivity contribution in [3.63, 3.8) is 0 Å². The number of carbonyl (C=O) groups is 1. The fourth-order valence-electron chi connectivity index (χ4n) is 1.35. The van der Waals surface area contributed by atoms with E-state index in [4.69, 9.17) is 0 Å². The molecule has 0 saturated carbocycles. The normalized spacial score (nSPS) is 21.0. The Kier molecular flexibility index (Phi) is 2.97. The van der Waals surface area contributed by atoms with Gasteiger partial charge in [0.2, 0.25) is 0 Å². The van der Waals surface area contributed by atoms with Crippen molar-refractivity contribution in [1.82, 2.24) is 25.9 Å². The third-order valence-corrected chi connectivity index (χ3v) is 3.46. The number of hydrogen-bond acceptors (Lipinski definition) is 5. The van der Waals surface area contributed by atoms with Gasteiger partial charge >= 0.3 is 0 Å². The van der Waals surface area contributed by atoms with Crippen LogP contribution >= 0.6 is 11.8 Å². The zero-order chi connectivity index (χ0) is 9.80. The van der Waals surface area contributed by atoms with Crippen LogP contribution in [0.15, 0.2) is 0 Å². The maximum atomic E-state index is 11.4. The zero-order valence-electron chi connectivity index (χ0n) is 7.56. The minimum atomic E-state index is -0.258. The second-order valence-corrected chi connectivity index (χ2v) is 4.49. The Morgan fingerprint density at radius 1 is 1.71 bits per heavy atom. The fourth-order valence-corrected chi connectivity index (χ4v) is 2.55. The van der Waals surface area contributed by atoms with Gasteiger partial charge in [0.05, 0.1) is 0 Å². The monoisotopic (exact) mass is 213 g/mol. The van der Waals surface area contributed by atoms with Crippen LogP contribution in [-0.2, 0) is 0 Å². The van der Waals surface area contributed by atoms with Gasteiger partial charge in [0.25, 0.3) is 11.7 Å². The average molecular weight is 213 g/mol. The van der Waals surface area contributed by atoms with Gasteiger partial charge in [-0.1, -0.05) is 0 Å². The summed E-state index contributed by atoms with van der Waals surface area (Å²) in [6, 6.07) is 0. The van der Waals surface area contributed by atoms with Gasteiger partial charge in [-0.25, -0.2) is 0 Å². The number of thioether (sulfide) groups is 1. The first-order valence-electron chi connectivity index (χ1n) is 4.49. The predicted octanol–water partition coefficient (Wildman–Crippen LogP) is -0.175. The van der Waals surface area contributed by atoms with Crippen LogP contribution in [0.5, 0.6) is 0 Å². The third-order valence-electron chi connectivity index (χ3n) is 2.06. The molecule has 1 amide bonds. The lowest BCUT2D eigenvalue weighted by atomic mass is 10.2. The maximum Gasteiger partial charge on any atom is 0.292 e. The van der Waals surface area contributed by atoms with Crippen LogP contribution in [0.2, 0.25) is 0 Å². The van der Waals surface area contributed by atoms with Crippen molar-refractivity contribution < 1.29 is 4.79 Å². The predicted molar refractivity (Wildman–Crippen MR) is 52.0 cm³/mol. The molecule has 1 aromatic rings. The highest BCUT2D eigenvalue weighted by atomic mass is 32.2. The Labute approximate surface area is 85.2 Å². The van der Waals surface area contributed by atoms with Gasteiger partial charge in [-0.05, 0) is 23.8 Å². The van der Waals surface area contributed by atoms with Gasteiger partial charge in [-0.3, -0.25) is 4.79 Å². The zero-order valence-corrected chi connectivity index (χ0v) is 8.38. The van der Waals surface area contributed by atoms with E-state index >= 15 is 0 Å². The van der Waals surface area contributed by atoms with Crippen LogP contribution in [0, 0.1) is 0 Å². The Morgan fingerprint density at radius 2 is 2.64 bits per heavy atom. The largest absolute Gasteiger partial charge is 0.348 e. The molecule has 1 fully saturated rings. The Morgan fingerprint density at radius 3 is 3.29 bits per heavy atom. The number of tetrazole rings is 1. The molecule has 1 aliphatic rings. The van der Waals surface area contributed by atoms with Crippen molar-refractivity contribution in [3.05, 3.63) is 5.82 Å². The molecule has 0 radical (unpaired) electrons. The summed E-state index contributed by atoms with van der Waals surface area (Å²) >= 11 is 1.90. The lowest BCUT2D eigenvalue weighted by molar-refractivity contribution is 0.0943. The second kappa shape index (κ2) is 4.41. The van der Waals surface area contributed by atoms with Crippen molar-refractivity contribution in [1.29, 1.82) is 0 Å². The summed E-state index contributed by atoms with van der Waals surface area (Å²) in [6.07, 6.45) is 2.42. The Bertz CT molecular complexity index is 295. The molecule has 2 heterocycles. The van der Waals surface area contributed by atoms with E-state index in [1.54, 1.807) is 0 Å². The molecule has 2 rings (SSSR count). The van der Waals surface area contributed by atoms with Crippen LogP contribution in [-0.4, -0.2) is 44.1 Å². The average Bonchev–Trinajstić information content (AvgIpc) is 2.87. The summed E-state index contributed by atoms with van der Waals surface area (Å²) < 4.78 is 0. The van der Waals surface area contributed by atoms with Crippen molar-refractivity contribution in [2.24, 2.45) is 0 Å². The lowest BCUT2D eigenvalue weighted by Gasteiger charge is -2.07. The second-order valence-electron chi connectivity index (χ2n) is 3.08. The highest BCUT2D eigenvalue weighted by Crippen LogP contribution is 2.25. The summed E-state index contributed by atoms with van der Waals surface area (Å²) in [7, 11) is 0. The number of aromatic nitrogens is 4. The molecule has 2 N–H and O–H groups in total. The molecule has 1 aromatic heterocycles. The molecule has 1 aliphatic heterocycles. The third kappa shape index (κ3) is 2.22. The molecule has 0 aromatic carbocycles. The van der Waals surface area contributed by atoms with Gasteiger partial charge in [0, 0.05) is 11.8 Å². The molecule has 14 heavy (non-hydrogen) atoms. The quantitative estimate of drug-likeness (QED) is 0.728. The summed E-state index contributed by atoms with van der Waals surface area (Å²) in [5.74, 6) is 1.04. The molecule has 1 atom stereocenters. The highest BCUT2D eigenvalue weighted by Gasteiger charge is 2.17. The first-order chi connectivity index (χ1) is 6.86. The van der Waals surface area contributed by atoms with Crippen LogP contribution in [0.25, 0.3) is 0 Å². The Hall–Kier alpha value is -1.11. The van der Waals surface area contributed by atoms with Crippen molar-refractivity contribution in [2.75, 3.05) is 12.3 Å². The van der Waals surface area contributed by atoms with Gasteiger partial charge < -0.3 is 5.32 Å². The van der Waals surface area contributed by atoms with Crippen LogP contribution < -0.4 is 5.32 Å². The van der Waals surface area contributed by atoms with Crippen LogP contribution in [0.1, 0.15) is 23.5 Å². The van der Waals surface area contributed by atoms with E-state index in [9.17, 15) is 4.79 Å². The number of hydrogen-bond donors (Lipinski definition) is 2. The summed E-state index contributed by atoms with van der Waals surface area (Å²) in [6.45, 7) is 0.693. The number of amides is 1. The van der Waals surface area contributed by atoms with Crippen LogP contribution in [0.4, 0.5) is 0 Å². The van der Waals surface area contributed by atoms with Crippen molar-refractivity contribution in [3.8, 4) is 0 Å². The summed E-state index contributed by atoms with van der Waals surface area (Å²) in [5, 5.41) is 16.1. The van der Waals surface area contributed by atoms with E-state index in [0.29, 0.717) is 11.8 Å². The van der Waals surface area contributed by atoms with E-state index in [-0.39, 0.29) is 11.7 Å². The fraction of sp³-hybridized carbons (Fsp3) is 0.714. The van der Waals surface area contributed by atoms with E-state index in [1.165, 1.54) is 18.6 Å². The van der Waals surface area contributed by atoms with E-state index in [2.05, 4.69) is 25.9 Å². The number of nitrogens with one attached hydrogen (secondary N) is 2. The number of aromatic amines is 1. The highest BCUT2D eigenvalue weighted by molar-refractivity contribution is 8.00. The summed E-state index contributed by atoms with van der Waals surface area (Å²) in [4.78, 5) is 11.4. The smallest absolute Gasteiger partial charge is 0.292 e. The maximum absolute atomic E-state index is 11.4. The number of carbonyl (C=O) groups excluding carboxylic acids is 1. The molecule has 0 bridgehead atoms. The minimum Gasteiger partial charge on any atom is -0.348 e. The van der Waals surface area contributed by atoms with Crippen LogP contribution in [0.3, 0.4) is 0 Å².